The van der Waals surface area contributed by atoms with Crippen LogP contribution >= 0.6 is 0 Å². The minimum Gasteiger partial charge on any atom is -0.294 e. The van der Waals surface area contributed by atoms with Crippen LogP contribution in [0.4, 0.5) is 0 Å². The summed E-state index contributed by atoms with van der Waals surface area (Å²) in [5.74, 6) is 0.834. The lowest BCUT2D eigenvalue weighted by molar-refractivity contribution is -0.125. The number of rotatable bonds is 1. The first kappa shape index (κ1) is 12.7. The second-order valence-corrected chi connectivity index (χ2v) is 6.88. The van der Waals surface area contributed by atoms with Gasteiger partial charge in [0.1, 0.15) is 0 Å². The smallest absolute Gasteiger partial charge is 0.165 e. The molecule has 0 spiro atoms. The highest BCUT2D eigenvalue weighted by Gasteiger charge is 2.64. The number of carbonyl (C=O) groups excluding carboxylic acids is 1. The van der Waals surface area contributed by atoms with Gasteiger partial charge >= 0.3 is 0 Å². The molecule has 100 valence electrons. The van der Waals surface area contributed by atoms with Crippen molar-refractivity contribution in [1.29, 1.82) is 0 Å². The van der Waals surface area contributed by atoms with Crippen LogP contribution in [0.2, 0.25) is 0 Å². The van der Waals surface area contributed by atoms with Gasteiger partial charge in [0, 0.05) is 11.0 Å². The normalized spacial score (nSPS) is 34.7. The van der Waals surface area contributed by atoms with Crippen molar-refractivity contribution in [3.8, 4) is 0 Å². The molecule has 1 aromatic carbocycles. The predicted octanol–water partition coefficient (Wildman–Crippen LogP) is 4.49. The summed E-state index contributed by atoms with van der Waals surface area (Å²) in [6, 6.07) is 10.3. The van der Waals surface area contributed by atoms with E-state index in [0.717, 1.165) is 18.4 Å². The van der Waals surface area contributed by atoms with Gasteiger partial charge < -0.3 is 0 Å². The molecular weight excluding hydrogens is 232 g/mol. The van der Waals surface area contributed by atoms with Gasteiger partial charge in [-0.25, -0.2) is 0 Å². The van der Waals surface area contributed by atoms with E-state index in [0.29, 0.717) is 11.7 Å². The highest BCUT2D eigenvalue weighted by atomic mass is 16.1. The van der Waals surface area contributed by atoms with Crippen LogP contribution in [0.5, 0.6) is 0 Å². The third-order valence-corrected chi connectivity index (χ3v) is 5.93. The summed E-state index contributed by atoms with van der Waals surface area (Å²) in [7, 11) is 0. The van der Waals surface area contributed by atoms with E-state index in [-0.39, 0.29) is 10.8 Å². The molecule has 0 saturated heterocycles. The zero-order chi connectivity index (χ0) is 13.8. The fraction of sp³-hybridized carbons (Fsp3) is 0.500. The first-order valence-electron chi connectivity index (χ1n) is 7.20. The molecule has 0 aliphatic heterocycles. The third-order valence-electron chi connectivity index (χ3n) is 5.93. The van der Waals surface area contributed by atoms with Crippen molar-refractivity contribution in [2.24, 2.45) is 16.7 Å². The number of benzene rings is 1. The predicted molar refractivity (Wildman–Crippen MR) is 78.7 cm³/mol. The van der Waals surface area contributed by atoms with Gasteiger partial charge in [0.2, 0.25) is 0 Å². The Balaban J connectivity index is 2.16. The van der Waals surface area contributed by atoms with Crippen molar-refractivity contribution in [3.63, 3.8) is 0 Å². The van der Waals surface area contributed by atoms with Crippen molar-refractivity contribution in [2.45, 2.75) is 40.5 Å². The van der Waals surface area contributed by atoms with Gasteiger partial charge in [0.05, 0.1) is 0 Å². The molecule has 2 fully saturated rings. The molecule has 19 heavy (non-hydrogen) atoms. The maximum Gasteiger partial charge on any atom is 0.165 e. The van der Waals surface area contributed by atoms with E-state index < -0.39 is 0 Å². The molecule has 1 nitrogen and oxygen atoms in total. The van der Waals surface area contributed by atoms with E-state index in [1.165, 1.54) is 11.1 Å². The molecule has 1 heteroatoms. The molecule has 1 aromatic rings. The maximum absolute atomic E-state index is 12.9. The summed E-state index contributed by atoms with van der Waals surface area (Å²) in [5, 5.41) is 0. The van der Waals surface area contributed by atoms with Crippen LogP contribution in [-0.2, 0) is 4.79 Å². The molecule has 2 saturated carbocycles. The summed E-state index contributed by atoms with van der Waals surface area (Å²) in [5.41, 5.74) is 3.44. The van der Waals surface area contributed by atoms with Crippen LogP contribution in [-0.4, -0.2) is 5.78 Å². The first-order chi connectivity index (χ1) is 8.89. The standard InChI is InChI=1S/C18H22O/c1-12(13-8-6-5-7-9-13)15-14-10-11-18(4,16(15)19)17(14,2)3/h5-9,14H,10-11H2,1-4H3/b15-12-. The van der Waals surface area contributed by atoms with Crippen LogP contribution in [0.25, 0.3) is 5.57 Å². The topological polar surface area (TPSA) is 17.1 Å². The number of hydrogen-bond donors (Lipinski definition) is 0. The fourth-order valence-electron chi connectivity index (χ4n) is 4.14. The minimum atomic E-state index is -0.150. The van der Waals surface area contributed by atoms with Gasteiger partial charge in [-0.15, -0.1) is 0 Å². The van der Waals surface area contributed by atoms with Crippen LogP contribution < -0.4 is 0 Å². The number of fused-ring (bicyclic) bond motifs is 2. The van der Waals surface area contributed by atoms with Crippen LogP contribution in [0, 0.1) is 16.7 Å². The Labute approximate surface area is 115 Å². The lowest BCUT2D eigenvalue weighted by Gasteiger charge is -2.31. The monoisotopic (exact) mass is 254 g/mol. The number of hydrogen-bond acceptors (Lipinski definition) is 1. The largest absolute Gasteiger partial charge is 0.294 e. The summed E-state index contributed by atoms with van der Waals surface area (Å²) >= 11 is 0. The SMILES string of the molecule is C/C(=C1/C(=O)C2(C)CCC1C2(C)C)c1ccccc1. The average molecular weight is 254 g/mol. The van der Waals surface area contributed by atoms with Gasteiger partial charge in [0.15, 0.2) is 5.78 Å². The summed E-state index contributed by atoms with van der Waals surface area (Å²) < 4.78 is 0. The lowest BCUT2D eigenvalue weighted by atomic mass is 9.70. The highest BCUT2D eigenvalue weighted by molar-refractivity contribution is 6.10. The van der Waals surface area contributed by atoms with E-state index in [2.05, 4.69) is 39.8 Å². The van der Waals surface area contributed by atoms with E-state index >= 15 is 0 Å². The Hall–Kier alpha value is -1.37. The third kappa shape index (κ3) is 1.45. The molecule has 2 unspecified atom stereocenters. The Morgan fingerprint density at radius 1 is 1.16 bits per heavy atom. The van der Waals surface area contributed by atoms with Crippen LogP contribution in [0.3, 0.4) is 0 Å². The molecule has 2 aliphatic rings. The van der Waals surface area contributed by atoms with Crippen molar-refractivity contribution in [1.82, 2.24) is 0 Å². The van der Waals surface area contributed by atoms with E-state index in [1.54, 1.807) is 0 Å². The number of Topliss-reactive ketones (excluding diaryl/α,β-unsaturated/α-hetero) is 1. The summed E-state index contributed by atoms with van der Waals surface area (Å²) in [6.07, 6.45) is 2.21. The van der Waals surface area contributed by atoms with Gasteiger partial charge in [-0.2, -0.15) is 0 Å². The van der Waals surface area contributed by atoms with Crippen LogP contribution in [0.15, 0.2) is 35.9 Å². The minimum absolute atomic E-state index is 0.107. The van der Waals surface area contributed by atoms with E-state index in [1.807, 2.05) is 18.2 Å². The highest BCUT2D eigenvalue weighted by Crippen LogP contribution is 2.66. The Bertz CT molecular complexity index is 565. The fourth-order valence-corrected chi connectivity index (χ4v) is 4.14. The number of ketones is 1. The Kier molecular flexibility index (Phi) is 2.54. The average Bonchev–Trinajstić information content (AvgIpc) is 2.71. The van der Waals surface area contributed by atoms with Crippen LogP contribution in [0.1, 0.15) is 46.1 Å². The van der Waals surface area contributed by atoms with E-state index in [9.17, 15) is 4.79 Å². The zero-order valence-electron chi connectivity index (χ0n) is 12.3. The van der Waals surface area contributed by atoms with Gasteiger partial charge in [-0.05, 0) is 42.2 Å². The van der Waals surface area contributed by atoms with Crippen molar-refractivity contribution in [3.05, 3.63) is 41.5 Å². The molecule has 0 amide bonds. The van der Waals surface area contributed by atoms with Crippen molar-refractivity contribution < 1.29 is 4.79 Å². The molecular formula is C18H22O. The van der Waals surface area contributed by atoms with E-state index in [4.69, 9.17) is 0 Å². The molecule has 2 bridgehead atoms. The van der Waals surface area contributed by atoms with Crippen molar-refractivity contribution >= 4 is 11.4 Å². The van der Waals surface area contributed by atoms with Gasteiger partial charge in [0.25, 0.3) is 0 Å². The Morgan fingerprint density at radius 3 is 2.32 bits per heavy atom. The molecule has 2 atom stereocenters. The lowest BCUT2D eigenvalue weighted by Crippen LogP contribution is -2.32. The second-order valence-electron chi connectivity index (χ2n) is 6.88. The quantitative estimate of drug-likeness (QED) is 0.675. The first-order valence-corrected chi connectivity index (χ1v) is 7.20. The molecule has 3 rings (SSSR count). The number of carbonyl (C=O) groups is 1. The summed E-state index contributed by atoms with van der Waals surface area (Å²) in [4.78, 5) is 12.9. The Morgan fingerprint density at radius 2 is 1.79 bits per heavy atom. The van der Waals surface area contributed by atoms with Gasteiger partial charge in [-0.1, -0.05) is 51.1 Å². The zero-order valence-corrected chi connectivity index (χ0v) is 12.3. The molecule has 0 aromatic heterocycles. The van der Waals surface area contributed by atoms with Crippen molar-refractivity contribution in [2.75, 3.05) is 0 Å². The molecule has 2 aliphatic carbocycles. The van der Waals surface area contributed by atoms with Gasteiger partial charge in [-0.3, -0.25) is 4.79 Å². The second kappa shape index (κ2) is 3.82. The number of allylic oxidation sites excluding steroid dienone is 2. The molecule has 0 N–H and O–H groups in total. The molecule has 0 radical (unpaired) electrons. The summed E-state index contributed by atoms with van der Waals surface area (Å²) in [6.45, 7) is 8.82. The molecule has 0 heterocycles. The maximum atomic E-state index is 12.9.